The summed E-state index contributed by atoms with van der Waals surface area (Å²) in [5.74, 6) is -2.84. The Hall–Kier alpha value is -4.08. The second kappa shape index (κ2) is 8.08. The first-order chi connectivity index (χ1) is 13.1. The molecule has 2 aromatic rings. The van der Waals surface area contributed by atoms with Gasteiger partial charge in [0.25, 0.3) is 0 Å². The van der Waals surface area contributed by atoms with Crippen LogP contribution in [-0.4, -0.2) is 27.1 Å². The molecule has 0 saturated carbocycles. The van der Waals surface area contributed by atoms with Gasteiger partial charge in [0, 0.05) is 17.7 Å². The van der Waals surface area contributed by atoms with Gasteiger partial charge < -0.3 is 14.9 Å². The number of carboxylic acids is 1. The van der Waals surface area contributed by atoms with Crippen LogP contribution < -0.4 is 4.74 Å². The second-order valence-corrected chi connectivity index (χ2v) is 5.74. The van der Waals surface area contributed by atoms with E-state index in [1.807, 2.05) is 0 Å². The predicted molar refractivity (Wildman–Crippen MR) is 97.5 cm³/mol. The van der Waals surface area contributed by atoms with Gasteiger partial charge in [-0.25, -0.2) is 9.59 Å². The molecule has 0 saturated heterocycles. The summed E-state index contributed by atoms with van der Waals surface area (Å²) in [6.07, 6.45) is 0. The number of esters is 1. The van der Waals surface area contributed by atoms with Crippen LogP contribution in [0, 0.1) is 17.0 Å². The molecule has 0 amide bonds. The number of carbonyl (C=O) groups is 2. The minimum Gasteiger partial charge on any atom is -0.507 e. The molecular weight excluding hydrogens is 370 g/mol. The molecule has 2 rings (SSSR count). The van der Waals surface area contributed by atoms with Crippen molar-refractivity contribution in [1.29, 1.82) is 0 Å². The standard InChI is InChI=1S/C18H15N3O7/c1-9(2)18(25)28-16-6-10(3)13(8-14(16)21(26)27)20-19-11-4-5-12(17(23)24)15(22)7-11/h4-8,22H,1H2,2-3H3,(H,23,24). The largest absolute Gasteiger partial charge is 0.507 e. The molecule has 0 aliphatic carbocycles. The van der Waals surface area contributed by atoms with E-state index >= 15 is 0 Å². The molecule has 0 fully saturated rings. The van der Waals surface area contributed by atoms with Crippen molar-refractivity contribution >= 4 is 29.0 Å². The van der Waals surface area contributed by atoms with Crippen molar-refractivity contribution in [1.82, 2.24) is 0 Å². The minimum absolute atomic E-state index is 0.0836. The zero-order valence-corrected chi connectivity index (χ0v) is 14.9. The summed E-state index contributed by atoms with van der Waals surface area (Å²) >= 11 is 0. The number of aryl methyl sites for hydroxylation is 1. The van der Waals surface area contributed by atoms with E-state index < -0.39 is 28.3 Å². The highest BCUT2D eigenvalue weighted by Crippen LogP contribution is 2.36. The molecule has 0 spiro atoms. The molecule has 0 heterocycles. The van der Waals surface area contributed by atoms with Crippen LogP contribution in [0.5, 0.6) is 11.5 Å². The molecule has 0 aromatic heterocycles. The number of phenols is 1. The Balaban J connectivity index is 2.39. The van der Waals surface area contributed by atoms with Gasteiger partial charge in [-0.2, -0.15) is 10.2 Å². The lowest BCUT2D eigenvalue weighted by Gasteiger charge is -2.07. The molecule has 2 N–H and O–H groups in total. The molecule has 28 heavy (non-hydrogen) atoms. The van der Waals surface area contributed by atoms with E-state index in [-0.39, 0.29) is 28.3 Å². The predicted octanol–water partition coefficient (Wildman–Crippen LogP) is 4.20. The Bertz CT molecular complexity index is 1030. The van der Waals surface area contributed by atoms with Crippen LogP contribution in [0.3, 0.4) is 0 Å². The minimum atomic E-state index is -1.30. The smallest absolute Gasteiger partial charge is 0.339 e. The van der Waals surface area contributed by atoms with Gasteiger partial charge in [-0.3, -0.25) is 10.1 Å². The van der Waals surface area contributed by atoms with Crippen molar-refractivity contribution < 1.29 is 29.5 Å². The molecule has 0 atom stereocenters. The van der Waals surface area contributed by atoms with Crippen LogP contribution in [0.25, 0.3) is 0 Å². The van der Waals surface area contributed by atoms with Crippen LogP contribution in [0.4, 0.5) is 17.1 Å². The number of carboxylic acid groups (broad SMARTS) is 1. The molecular formula is C18H15N3O7. The average Bonchev–Trinajstić information content (AvgIpc) is 2.60. The van der Waals surface area contributed by atoms with Gasteiger partial charge in [-0.1, -0.05) is 6.58 Å². The van der Waals surface area contributed by atoms with Crippen LogP contribution >= 0.6 is 0 Å². The second-order valence-electron chi connectivity index (χ2n) is 5.74. The fraction of sp³-hybridized carbons (Fsp3) is 0.111. The summed E-state index contributed by atoms with van der Waals surface area (Å²) in [6, 6.07) is 5.93. The highest BCUT2D eigenvalue weighted by molar-refractivity contribution is 5.91. The maximum Gasteiger partial charge on any atom is 0.339 e. The number of nitro benzene ring substituents is 1. The van der Waals surface area contributed by atoms with Gasteiger partial charge >= 0.3 is 17.6 Å². The van der Waals surface area contributed by atoms with Gasteiger partial charge in [0.15, 0.2) is 0 Å². The van der Waals surface area contributed by atoms with Crippen LogP contribution in [0.1, 0.15) is 22.8 Å². The van der Waals surface area contributed by atoms with Gasteiger partial charge in [0.1, 0.15) is 11.3 Å². The molecule has 144 valence electrons. The van der Waals surface area contributed by atoms with Crippen LogP contribution in [0.15, 0.2) is 52.7 Å². The summed E-state index contributed by atoms with van der Waals surface area (Å²) in [7, 11) is 0. The number of benzene rings is 2. The number of nitrogens with zero attached hydrogens (tertiary/aromatic N) is 3. The van der Waals surface area contributed by atoms with E-state index in [0.29, 0.717) is 5.56 Å². The van der Waals surface area contributed by atoms with Crippen molar-refractivity contribution in [3.63, 3.8) is 0 Å². The van der Waals surface area contributed by atoms with E-state index in [9.17, 15) is 24.8 Å². The number of ether oxygens (including phenoxy) is 1. The third-order valence-electron chi connectivity index (χ3n) is 3.51. The Morgan fingerprint density at radius 2 is 1.89 bits per heavy atom. The maximum atomic E-state index is 11.6. The Morgan fingerprint density at radius 1 is 1.21 bits per heavy atom. The average molecular weight is 385 g/mol. The lowest BCUT2D eigenvalue weighted by molar-refractivity contribution is -0.385. The van der Waals surface area contributed by atoms with Gasteiger partial charge in [-0.15, -0.1) is 0 Å². The lowest BCUT2D eigenvalue weighted by atomic mass is 10.1. The Labute approximate surface area is 158 Å². The number of aromatic hydroxyl groups is 1. The maximum absolute atomic E-state index is 11.6. The Kier molecular flexibility index (Phi) is 5.84. The van der Waals surface area contributed by atoms with Gasteiger partial charge in [-0.05, 0) is 37.6 Å². The number of carbonyl (C=O) groups excluding carboxylic acids is 1. The first kappa shape index (κ1) is 20.2. The molecule has 0 bridgehead atoms. The summed E-state index contributed by atoms with van der Waals surface area (Å²) in [4.78, 5) is 33.1. The molecule has 0 aliphatic heterocycles. The number of azo groups is 1. The van der Waals surface area contributed by atoms with E-state index in [0.717, 1.165) is 18.2 Å². The van der Waals surface area contributed by atoms with Crippen molar-refractivity contribution in [2.45, 2.75) is 13.8 Å². The number of aromatic carboxylic acids is 1. The van der Waals surface area contributed by atoms with E-state index in [1.165, 1.54) is 19.1 Å². The van der Waals surface area contributed by atoms with Crippen molar-refractivity contribution in [3.8, 4) is 11.5 Å². The molecule has 2 aromatic carbocycles. The zero-order chi connectivity index (χ0) is 21.0. The number of rotatable bonds is 6. The van der Waals surface area contributed by atoms with Crippen molar-refractivity contribution in [2.75, 3.05) is 0 Å². The highest BCUT2D eigenvalue weighted by Gasteiger charge is 2.21. The Morgan fingerprint density at radius 3 is 2.43 bits per heavy atom. The monoisotopic (exact) mass is 385 g/mol. The SMILES string of the molecule is C=C(C)C(=O)Oc1cc(C)c(N=Nc2ccc(C(=O)O)c(O)c2)cc1[N+](=O)[O-]. The van der Waals surface area contributed by atoms with Gasteiger partial charge in [0.2, 0.25) is 5.75 Å². The first-order valence-electron chi connectivity index (χ1n) is 7.75. The third kappa shape index (κ3) is 4.55. The van der Waals surface area contributed by atoms with E-state index in [1.54, 1.807) is 6.92 Å². The zero-order valence-electron chi connectivity index (χ0n) is 14.9. The number of hydrogen-bond donors (Lipinski definition) is 2. The summed E-state index contributed by atoms with van der Waals surface area (Å²) in [6.45, 7) is 6.41. The number of nitro groups is 1. The van der Waals surface area contributed by atoms with Gasteiger partial charge in [0.05, 0.1) is 16.3 Å². The van der Waals surface area contributed by atoms with Crippen molar-refractivity contribution in [2.24, 2.45) is 10.2 Å². The normalized spacial score (nSPS) is 10.6. The van der Waals surface area contributed by atoms with E-state index in [4.69, 9.17) is 9.84 Å². The third-order valence-corrected chi connectivity index (χ3v) is 3.51. The molecule has 0 unspecified atom stereocenters. The number of hydrogen-bond acceptors (Lipinski definition) is 8. The molecule has 0 aliphatic rings. The summed E-state index contributed by atoms with van der Waals surface area (Å²) in [5, 5.41) is 37.6. The fourth-order valence-electron chi connectivity index (χ4n) is 2.05. The fourth-order valence-corrected chi connectivity index (χ4v) is 2.05. The molecule has 0 radical (unpaired) electrons. The summed E-state index contributed by atoms with van der Waals surface area (Å²) in [5.41, 5.74) is 0.00390. The molecule has 10 heteroatoms. The topological polar surface area (TPSA) is 152 Å². The summed E-state index contributed by atoms with van der Waals surface area (Å²) < 4.78 is 4.98. The first-order valence-corrected chi connectivity index (χ1v) is 7.75. The van der Waals surface area contributed by atoms with Crippen LogP contribution in [-0.2, 0) is 4.79 Å². The molecule has 10 nitrogen and oxygen atoms in total. The highest BCUT2D eigenvalue weighted by atomic mass is 16.6. The van der Waals surface area contributed by atoms with E-state index in [2.05, 4.69) is 16.8 Å². The van der Waals surface area contributed by atoms with Crippen LogP contribution in [0.2, 0.25) is 0 Å². The van der Waals surface area contributed by atoms with Crippen molar-refractivity contribution in [3.05, 3.63) is 63.7 Å². The quantitative estimate of drug-likeness (QED) is 0.189. The lowest BCUT2D eigenvalue weighted by Crippen LogP contribution is -2.09.